The zero-order chi connectivity index (χ0) is 25.8. The van der Waals surface area contributed by atoms with Gasteiger partial charge in [-0.15, -0.1) is 0 Å². The first-order valence-corrected chi connectivity index (χ1v) is 12.4. The van der Waals surface area contributed by atoms with Gasteiger partial charge >= 0.3 is 6.09 Å². The summed E-state index contributed by atoms with van der Waals surface area (Å²) in [5.74, 6) is -3.27. The lowest BCUT2D eigenvalue weighted by Crippen LogP contribution is -2.50. The average molecular weight is 500 g/mol. The van der Waals surface area contributed by atoms with Gasteiger partial charge in [0.05, 0.1) is 17.2 Å². The van der Waals surface area contributed by atoms with E-state index in [0.29, 0.717) is 39.0 Å². The second kappa shape index (κ2) is 11.1. The van der Waals surface area contributed by atoms with Crippen molar-refractivity contribution in [3.05, 3.63) is 70.8 Å². The third-order valence-electron chi connectivity index (χ3n) is 7.04. The fourth-order valence-corrected chi connectivity index (χ4v) is 5.11. The van der Waals surface area contributed by atoms with Gasteiger partial charge in [0.25, 0.3) is 11.8 Å². The van der Waals surface area contributed by atoms with E-state index in [0.717, 1.165) is 17.7 Å². The van der Waals surface area contributed by atoms with Crippen molar-refractivity contribution in [2.45, 2.75) is 45.2 Å². The van der Waals surface area contributed by atoms with Crippen molar-refractivity contribution in [1.82, 2.24) is 14.7 Å². The van der Waals surface area contributed by atoms with E-state index in [1.54, 1.807) is 18.7 Å². The standard InChI is InChI=1S/C27H31F2N3O4/c1-3-30(4-2)25(33)23-21(28)10-11-22(29)24(23)26(34)31-14-12-19(13-15-31)32-20(17-36-27(32)35)16-18-8-6-5-7-9-18/h5-11,19-20H,3-4,12-17H2,1-2H3/t20-/m1/s1. The predicted molar refractivity (Wildman–Crippen MR) is 130 cm³/mol. The molecule has 4 rings (SSSR count). The maximum absolute atomic E-state index is 14.8. The quantitative estimate of drug-likeness (QED) is 0.575. The Morgan fingerprint density at radius 1 is 0.972 bits per heavy atom. The SMILES string of the molecule is CCN(CC)C(=O)c1c(F)ccc(F)c1C(=O)N1CCC(N2C(=O)OC[C@H]2Cc2ccccc2)CC1. The van der Waals surface area contributed by atoms with Crippen LogP contribution in [0.25, 0.3) is 0 Å². The maximum atomic E-state index is 14.8. The summed E-state index contributed by atoms with van der Waals surface area (Å²) in [6.07, 6.45) is 1.24. The highest BCUT2D eigenvalue weighted by Crippen LogP contribution is 2.28. The number of amides is 3. The van der Waals surface area contributed by atoms with Crippen LogP contribution in [0.1, 0.15) is 53.0 Å². The summed E-state index contributed by atoms with van der Waals surface area (Å²) in [5.41, 5.74) is 0.0372. The molecule has 0 N–H and O–H groups in total. The van der Waals surface area contributed by atoms with E-state index < -0.39 is 34.6 Å². The average Bonchev–Trinajstić information content (AvgIpc) is 3.25. The highest BCUT2D eigenvalue weighted by Gasteiger charge is 2.40. The van der Waals surface area contributed by atoms with Crippen molar-refractivity contribution >= 4 is 17.9 Å². The summed E-state index contributed by atoms with van der Waals surface area (Å²) in [6.45, 7) is 4.89. The smallest absolute Gasteiger partial charge is 0.410 e. The van der Waals surface area contributed by atoms with Crippen molar-refractivity contribution in [2.24, 2.45) is 0 Å². The van der Waals surface area contributed by atoms with Gasteiger partial charge in [0, 0.05) is 32.2 Å². The Hall–Kier alpha value is -3.49. The zero-order valence-electron chi connectivity index (χ0n) is 20.6. The molecule has 2 aliphatic heterocycles. The van der Waals surface area contributed by atoms with E-state index in [1.165, 1.54) is 9.80 Å². The molecule has 7 nitrogen and oxygen atoms in total. The Labute approximate surface area is 209 Å². The van der Waals surface area contributed by atoms with Gasteiger partial charge in [0.15, 0.2) is 0 Å². The monoisotopic (exact) mass is 499 g/mol. The molecule has 1 atom stereocenters. The minimum absolute atomic E-state index is 0.105. The second-order valence-electron chi connectivity index (χ2n) is 9.11. The first-order valence-electron chi connectivity index (χ1n) is 12.4. The third kappa shape index (κ3) is 5.05. The molecule has 0 spiro atoms. The van der Waals surface area contributed by atoms with Crippen LogP contribution in [0, 0.1) is 11.6 Å². The molecule has 0 aromatic heterocycles. The topological polar surface area (TPSA) is 70.2 Å². The highest BCUT2D eigenvalue weighted by molar-refractivity contribution is 6.07. The van der Waals surface area contributed by atoms with Crippen LogP contribution in [0.4, 0.5) is 13.6 Å². The van der Waals surface area contributed by atoms with Crippen LogP contribution in [0.2, 0.25) is 0 Å². The Morgan fingerprint density at radius 3 is 2.19 bits per heavy atom. The van der Waals surface area contributed by atoms with Gasteiger partial charge in [-0.05, 0) is 50.8 Å². The molecule has 2 aromatic rings. The van der Waals surface area contributed by atoms with Gasteiger partial charge in [-0.25, -0.2) is 13.6 Å². The molecule has 0 radical (unpaired) electrons. The van der Waals surface area contributed by atoms with E-state index in [2.05, 4.69) is 0 Å². The van der Waals surface area contributed by atoms with Crippen molar-refractivity contribution in [1.29, 1.82) is 0 Å². The number of nitrogens with zero attached hydrogens (tertiary/aromatic N) is 3. The minimum Gasteiger partial charge on any atom is -0.447 e. The van der Waals surface area contributed by atoms with E-state index in [9.17, 15) is 23.2 Å². The van der Waals surface area contributed by atoms with Crippen LogP contribution in [0.5, 0.6) is 0 Å². The lowest BCUT2D eigenvalue weighted by Gasteiger charge is -2.38. The van der Waals surface area contributed by atoms with E-state index in [-0.39, 0.29) is 31.3 Å². The number of ether oxygens (including phenoxy) is 1. The highest BCUT2D eigenvalue weighted by atomic mass is 19.1. The van der Waals surface area contributed by atoms with Gasteiger partial charge in [0.2, 0.25) is 0 Å². The van der Waals surface area contributed by atoms with Crippen LogP contribution < -0.4 is 0 Å². The lowest BCUT2D eigenvalue weighted by molar-refractivity contribution is 0.0619. The van der Waals surface area contributed by atoms with Crippen LogP contribution >= 0.6 is 0 Å². The second-order valence-corrected chi connectivity index (χ2v) is 9.11. The molecule has 192 valence electrons. The number of likely N-dealkylation sites (tertiary alicyclic amines) is 1. The summed E-state index contributed by atoms with van der Waals surface area (Å²) in [7, 11) is 0. The Morgan fingerprint density at radius 2 is 1.58 bits per heavy atom. The van der Waals surface area contributed by atoms with Gasteiger partial charge in [-0.1, -0.05) is 30.3 Å². The lowest BCUT2D eigenvalue weighted by atomic mass is 9.97. The molecule has 0 bridgehead atoms. The molecule has 2 saturated heterocycles. The summed E-state index contributed by atoms with van der Waals surface area (Å²) in [5, 5.41) is 0. The number of hydrogen-bond acceptors (Lipinski definition) is 4. The normalized spacial score (nSPS) is 18.3. The van der Waals surface area contributed by atoms with Crippen molar-refractivity contribution < 1.29 is 27.9 Å². The summed E-state index contributed by atoms with van der Waals surface area (Å²) >= 11 is 0. The number of halogens is 2. The Kier molecular flexibility index (Phi) is 7.86. The number of piperidine rings is 1. The number of rotatable bonds is 7. The van der Waals surface area contributed by atoms with Crippen LogP contribution in [0.3, 0.4) is 0 Å². The first kappa shape index (κ1) is 25.6. The van der Waals surface area contributed by atoms with E-state index in [1.807, 2.05) is 30.3 Å². The molecule has 2 aliphatic rings. The van der Waals surface area contributed by atoms with Gasteiger partial charge in [-0.3, -0.25) is 14.5 Å². The van der Waals surface area contributed by atoms with Crippen LogP contribution in [-0.4, -0.2) is 77.5 Å². The maximum Gasteiger partial charge on any atom is 0.410 e. The Bertz CT molecular complexity index is 1120. The van der Waals surface area contributed by atoms with Crippen molar-refractivity contribution in [3.8, 4) is 0 Å². The first-order chi connectivity index (χ1) is 17.3. The number of benzene rings is 2. The number of carbonyl (C=O) groups excluding carboxylic acids is 3. The number of cyclic esters (lactones) is 1. The molecule has 2 fully saturated rings. The van der Waals surface area contributed by atoms with Gasteiger partial charge in [0.1, 0.15) is 18.2 Å². The molecule has 0 aliphatic carbocycles. The largest absolute Gasteiger partial charge is 0.447 e. The predicted octanol–water partition coefficient (Wildman–Crippen LogP) is 4.11. The van der Waals surface area contributed by atoms with E-state index in [4.69, 9.17) is 4.74 Å². The Balaban J connectivity index is 1.49. The zero-order valence-corrected chi connectivity index (χ0v) is 20.6. The fraction of sp³-hybridized carbons (Fsp3) is 0.444. The molecule has 36 heavy (non-hydrogen) atoms. The molecule has 2 aromatic carbocycles. The van der Waals surface area contributed by atoms with Crippen LogP contribution in [-0.2, 0) is 11.2 Å². The summed E-state index contributed by atoms with van der Waals surface area (Å²) < 4.78 is 34.9. The van der Waals surface area contributed by atoms with Gasteiger partial charge in [-0.2, -0.15) is 0 Å². The molecule has 0 saturated carbocycles. The number of carbonyl (C=O) groups is 3. The summed E-state index contributed by atoms with van der Waals surface area (Å²) in [4.78, 5) is 43.3. The molecule has 3 amide bonds. The molecular formula is C27H31F2N3O4. The molecule has 2 heterocycles. The van der Waals surface area contributed by atoms with Gasteiger partial charge < -0.3 is 14.5 Å². The molecule has 9 heteroatoms. The number of hydrogen-bond donors (Lipinski definition) is 0. The minimum atomic E-state index is -0.926. The fourth-order valence-electron chi connectivity index (χ4n) is 5.11. The van der Waals surface area contributed by atoms with Crippen LogP contribution in [0.15, 0.2) is 42.5 Å². The molecule has 0 unspecified atom stereocenters. The van der Waals surface area contributed by atoms with E-state index >= 15 is 0 Å². The third-order valence-corrected chi connectivity index (χ3v) is 7.04. The molecular weight excluding hydrogens is 468 g/mol. The summed E-state index contributed by atoms with van der Waals surface area (Å²) in [6, 6.07) is 11.4. The van der Waals surface area contributed by atoms with Crippen molar-refractivity contribution in [3.63, 3.8) is 0 Å². The van der Waals surface area contributed by atoms with Crippen molar-refractivity contribution in [2.75, 3.05) is 32.8 Å².